The molecule has 1 heterocycles. The van der Waals surface area contributed by atoms with Gasteiger partial charge in [-0.3, -0.25) is 4.98 Å². The molecule has 0 radical (unpaired) electrons. The number of hydrogen-bond acceptors (Lipinski definition) is 3. The summed E-state index contributed by atoms with van der Waals surface area (Å²) >= 11 is 5.99. The molecule has 2 rings (SSSR count). The highest BCUT2D eigenvalue weighted by Gasteiger charge is 2.04. The molecule has 106 valence electrons. The largest absolute Gasteiger partial charge is 0.455 e. The van der Waals surface area contributed by atoms with Gasteiger partial charge < -0.3 is 10.1 Å². The molecule has 0 amide bonds. The van der Waals surface area contributed by atoms with E-state index in [2.05, 4.69) is 17.2 Å². The van der Waals surface area contributed by atoms with Crippen LogP contribution in [0.5, 0.6) is 11.5 Å². The molecule has 0 aliphatic rings. The van der Waals surface area contributed by atoms with Gasteiger partial charge >= 0.3 is 0 Å². The predicted octanol–water partition coefficient (Wildman–Crippen LogP) is 4.34. The van der Waals surface area contributed by atoms with E-state index in [1.54, 1.807) is 6.20 Å². The smallest absolute Gasteiger partial charge is 0.146 e. The maximum Gasteiger partial charge on any atom is 0.146 e. The van der Waals surface area contributed by atoms with Crippen molar-refractivity contribution >= 4 is 11.6 Å². The maximum atomic E-state index is 5.99. The predicted molar refractivity (Wildman–Crippen MR) is 82.5 cm³/mol. The van der Waals surface area contributed by atoms with E-state index in [9.17, 15) is 0 Å². The van der Waals surface area contributed by atoms with Crippen molar-refractivity contribution in [2.24, 2.45) is 0 Å². The Balaban J connectivity index is 2.09. The van der Waals surface area contributed by atoms with Gasteiger partial charge in [-0.15, -0.1) is 0 Å². The Morgan fingerprint density at radius 3 is 2.90 bits per heavy atom. The van der Waals surface area contributed by atoms with Crippen LogP contribution in [0.3, 0.4) is 0 Å². The first-order valence-electron chi connectivity index (χ1n) is 6.77. The van der Waals surface area contributed by atoms with Gasteiger partial charge in [-0.1, -0.05) is 24.6 Å². The van der Waals surface area contributed by atoms with Crippen LogP contribution in [0.4, 0.5) is 0 Å². The Labute approximate surface area is 124 Å². The van der Waals surface area contributed by atoms with E-state index in [-0.39, 0.29) is 0 Å². The highest BCUT2D eigenvalue weighted by atomic mass is 35.5. The fourth-order valence-corrected chi connectivity index (χ4v) is 2.00. The van der Waals surface area contributed by atoms with Crippen molar-refractivity contribution in [2.45, 2.75) is 26.8 Å². The van der Waals surface area contributed by atoms with Crippen LogP contribution in [-0.4, -0.2) is 11.5 Å². The number of hydrogen-bond donors (Lipinski definition) is 1. The lowest BCUT2D eigenvalue weighted by Crippen LogP contribution is -2.13. The molecular weight excluding hydrogens is 272 g/mol. The fraction of sp³-hybridized carbons (Fsp3) is 0.312. The zero-order valence-electron chi connectivity index (χ0n) is 11.8. The molecule has 0 aliphatic carbocycles. The molecule has 1 N–H and O–H groups in total. The number of ether oxygens (including phenoxy) is 1. The van der Waals surface area contributed by atoms with Gasteiger partial charge in [-0.05, 0) is 49.2 Å². The first-order chi connectivity index (χ1) is 9.69. The molecule has 0 bridgehead atoms. The minimum Gasteiger partial charge on any atom is -0.455 e. The number of nitrogens with zero attached hydrogens (tertiary/aromatic N) is 1. The molecule has 0 atom stereocenters. The number of benzene rings is 1. The average Bonchev–Trinajstić information content (AvgIpc) is 2.44. The summed E-state index contributed by atoms with van der Waals surface area (Å²) in [5, 5.41) is 4.01. The summed E-state index contributed by atoms with van der Waals surface area (Å²) in [6.07, 6.45) is 4.68. The first-order valence-corrected chi connectivity index (χ1v) is 7.15. The van der Waals surface area contributed by atoms with Crippen molar-refractivity contribution in [3.8, 4) is 11.5 Å². The number of aryl methyl sites for hydroxylation is 1. The van der Waals surface area contributed by atoms with Gasteiger partial charge in [-0.2, -0.15) is 0 Å². The molecular formula is C16H19ClN2O. The molecule has 1 aromatic carbocycles. The van der Waals surface area contributed by atoms with E-state index in [0.29, 0.717) is 5.02 Å². The summed E-state index contributed by atoms with van der Waals surface area (Å²) in [5.74, 6) is 1.49. The molecule has 0 unspecified atom stereocenters. The topological polar surface area (TPSA) is 34.2 Å². The standard InChI is InChI=1S/C16H19ClN2O/c1-3-6-18-9-13-7-15(11-19-10-13)20-16-8-14(17)5-4-12(16)2/h4-5,7-8,10-11,18H,3,6,9H2,1-2H3. The van der Waals surface area contributed by atoms with Gasteiger partial charge in [0, 0.05) is 17.8 Å². The molecule has 0 saturated heterocycles. The molecule has 3 nitrogen and oxygen atoms in total. The summed E-state index contributed by atoms with van der Waals surface area (Å²) in [4.78, 5) is 4.21. The van der Waals surface area contributed by atoms with Crippen molar-refractivity contribution in [2.75, 3.05) is 6.54 Å². The van der Waals surface area contributed by atoms with Crippen LogP contribution in [-0.2, 0) is 6.54 Å². The Morgan fingerprint density at radius 2 is 2.10 bits per heavy atom. The van der Waals surface area contributed by atoms with Crippen molar-refractivity contribution in [1.82, 2.24) is 10.3 Å². The zero-order valence-corrected chi connectivity index (χ0v) is 12.6. The number of aromatic nitrogens is 1. The summed E-state index contributed by atoms with van der Waals surface area (Å²) in [6, 6.07) is 7.61. The van der Waals surface area contributed by atoms with E-state index in [0.717, 1.165) is 42.1 Å². The van der Waals surface area contributed by atoms with Gasteiger partial charge in [0.2, 0.25) is 0 Å². The molecule has 0 aliphatic heterocycles. The van der Waals surface area contributed by atoms with Crippen LogP contribution < -0.4 is 10.1 Å². The molecule has 1 aromatic heterocycles. The quantitative estimate of drug-likeness (QED) is 0.804. The third-order valence-corrected chi connectivity index (χ3v) is 3.14. The third-order valence-electron chi connectivity index (χ3n) is 2.90. The van der Waals surface area contributed by atoms with Gasteiger partial charge in [-0.25, -0.2) is 0 Å². The number of pyridine rings is 1. The van der Waals surface area contributed by atoms with E-state index in [1.165, 1.54) is 0 Å². The molecule has 0 fully saturated rings. The minimum atomic E-state index is 0.666. The fourth-order valence-electron chi connectivity index (χ4n) is 1.84. The van der Waals surface area contributed by atoms with Crippen LogP contribution in [0.2, 0.25) is 5.02 Å². The Kier molecular flexibility index (Phi) is 5.39. The van der Waals surface area contributed by atoms with Gasteiger partial charge in [0.15, 0.2) is 0 Å². The van der Waals surface area contributed by atoms with Gasteiger partial charge in [0.25, 0.3) is 0 Å². The second kappa shape index (κ2) is 7.27. The Bertz CT molecular complexity index is 572. The maximum absolute atomic E-state index is 5.99. The minimum absolute atomic E-state index is 0.666. The van der Waals surface area contributed by atoms with E-state index in [4.69, 9.17) is 16.3 Å². The number of halogens is 1. The first kappa shape index (κ1) is 14.8. The van der Waals surface area contributed by atoms with Gasteiger partial charge in [0.1, 0.15) is 11.5 Å². The van der Waals surface area contributed by atoms with Crippen molar-refractivity contribution in [3.05, 3.63) is 52.8 Å². The summed E-state index contributed by atoms with van der Waals surface area (Å²) in [7, 11) is 0. The molecule has 0 spiro atoms. The van der Waals surface area contributed by atoms with Crippen molar-refractivity contribution in [3.63, 3.8) is 0 Å². The second-order valence-electron chi connectivity index (χ2n) is 4.72. The van der Waals surface area contributed by atoms with Crippen molar-refractivity contribution < 1.29 is 4.74 Å². The van der Waals surface area contributed by atoms with E-state index in [1.807, 2.05) is 37.4 Å². The molecule has 2 aromatic rings. The lowest BCUT2D eigenvalue weighted by Gasteiger charge is -2.10. The summed E-state index contributed by atoms with van der Waals surface area (Å²) in [5.41, 5.74) is 2.15. The van der Waals surface area contributed by atoms with Crippen LogP contribution in [0.15, 0.2) is 36.7 Å². The third kappa shape index (κ3) is 4.22. The van der Waals surface area contributed by atoms with E-state index < -0.39 is 0 Å². The normalized spacial score (nSPS) is 10.6. The Hall–Kier alpha value is -1.58. The number of rotatable bonds is 6. The highest BCUT2D eigenvalue weighted by molar-refractivity contribution is 6.30. The monoisotopic (exact) mass is 290 g/mol. The molecule has 20 heavy (non-hydrogen) atoms. The van der Waals surface area contributed by atoms with Gasteiger partial charge in [0.05, 0.1) is 6.20 Å². The van der Waals surface area contributed by atoms with Crippen molar-refractivity contribution in [1.29, 1.82) is 0 Å². The van der Waals surface area contributed by atoms with Crippen LogP contribution >= 0.6 is 11.6 Å². The highest BCUT2D eigenvalue weighted by Crippen LogP contribution is 2.27. The summed E-state index contributed by atoms with van der Waals surface area (Å²) in [6.45, 7) is 5.93. The average molecular weight is 291 g/mol. The Morgan fingerprint density at radius 1 is 1.25 bits per heavy atom. The number of nitrogens with one attached hydrogen (secondary N) is 1. The summed E-state index contributed by atoms with van der Waals surface area (Å²) < 4.78 is 5.86. The second-order valence-corrected chi connectivity index (χ2v) is 5.15. The van der Waals surface area contributed by atoms with E-state index >= 15 is 0 Å². The SMILES string of the molecule is CCCNCc1cncc(Oc2cc(Cl)ccc2C)c1. The lowest BCUT2D eigenvalue weighted by atomic mass is 10.2. The molecule has 4 heteroatoms. The zero-order chi connectivity index (χ0) is 14.4. The van der Waals surface area contributed by atoms with Crippen LogP contribution in [0.1, 0.15) is 24.5 Å². The van der Waals surface area contributed by atoms with Crippen LogP contribution in [0, 0.1) is 6.92 Å². The molecule has 0 saturated carbocycles. The van der Waals surface area contributed by atoms with Crippen LogP contribution in [0.25, 0.3) is 0 Å². The lowest BCUT2D eigenvalue weighted by molar-refractivity contribution is 0.475.